The normalized spacial score (nSPS) is 15.0. The second-order valence-electron chi connectivity index (χ2n) is 6.19. The Bertz CT molecular complexity index is 1090. The van der Waals surface area contributed by atoms with E-state index in [1.807, 2.05) is 0 Å². The van der Waals surface area contributed by atoms with E-state index < -0.39 is 29.4 Å². The SMILES string of the molecule is O=C(CCN1C(=O)C(=Cc2ccccc2F)SC1=S)Nc1ccc(O)c(C(=O)O)c1. The average molecular weight is 446 g/mol. The van der Waals surface area contributed by atoms with Crippen molar-refractivity contribution in [1.82, 2.24) is 4.90 Å². The van der Waals surface area contributed by atoms with Crippen molar-refractivity contribution >= 4 is 57.8 Å². The molecule has 154 valence electrons. The second-order valence-corrected chi connectivity index (χ2v) is 7.87. The zero-order valence-corrected chi connectivity index (χ0v) is 16.9. The van der Waals surface area contributed by atoms with Crippen LogP contribution in [0.25, 0.3) is 6.08 Å². The van der Waals surface area contributed by atoms with Crippen molar-refractivity contribution in [1.29, 1.82) is 0 Å². The maximum Gasteiger partial charge on any atom is 0.339 e. The molecule has 1 saturated heterocycles. The van der Waals surface area contributed by atoms with Crippen molar-refractivity contribution in [2.45, 2.75) is 6.42 Å². The number of rotatable bonds is 6. The summed E-state index contributed by atoms with van der Waals surface area (Å²) >= 11 is 6.22. The summed E-state index contributed by atoms with van der Waals surface area (Å²) in [6.07, 6.45) is 1.32. The van der Waals surface area contributed by atoms with Gasteiger partial charge in [-0.15, -0.1) is 0 Å². The Morgan fingerprint density at radius 3 is 2.67 bits per heavy atom. The number of nitrogens with zero attached hydrogens (tertiary/aromatic N) is 1. The van der Waals surface area contributed by atoms with E-state index in [9.17, 15) is 23.9 Å². The van der Waals surface area contributed by atoms with Gasteiger partial charge in [-0.25, -0.2) is 9.18 Å². The Morgan fingerprint density at radius 2 is 1.97 bits per heavy atom. The molecule has 0 aromatic heterocycles. The predicted molar refractivity (Wildman–Crippen MR) is 115 cm³/mol. The van der Waals surface area contributed by atoms with E-state index in [2.05, 4.69) is 5.32 Å². The molecule has 0 aliphatic carbocycles. The fourth-order valence-corrected chi connectivity index (χ4v) is 3.95. The first-order valence-electron chi connectivity index (χ1n) is 8.62. The monoisotopic (exact) mass is 446 g/mol. The van der Waals surface area contributed by atoms with Crippen molar-refractivity contribution in [3.63, 3.8) is 0 Å². The highest BCUT2D eigenvalue weighted by molar-refractivity contribution is 8.26. The van der Waals surface area contributed by atoms with Crippen molar-refractivity contribution < 1.29 is 29.0 Å². The Hall–Kier alpha value is -3.24. The van der Waals surface area contributed by atoms with Crippen LogP contribution in [0.5, 0.6) is 5.75 Å². The summed E-state index contributed by atoms with van der Waals surface area (Å²) in [7, 11) is 0. The Morgan fingerprint density at radius 1 is 1.23 bits per heavy atom. The van der Waals surface area contributed by atoms with E-state index >= 15 is 0 Å². The number of hydrogen-bond acceptors (Lipinski definition) is 6. The molecule has 0 unspecified atom stereocenters. The first-order chi connectivity index (χ1) is 14.3. The van der Waals surface area contributed by atoms with Gasteiger partial charge in [0.2, 0.25) is 5.91 Å². The largest absolute Gasteiger partial charge is 0.507 e. The van der Waals surface area contributed by atoms with Crippen LogP contribution < -0.4 is 5.32 Å². The predicted octanol–water partition coefficient (Wildman–Crippen LogP) is 3.46. The molecule has 3 rings (SSSR count). The van der Waals surface area contributed by atoms with E-state index in [0.717, 1.165) is 23.9 Å². The molecule has 3 N–H and O–H groups in total. The van der Waals surface area contributed by atoms with Crippen molar-refractivity contribution in [2.24, 2.45) is 0 Å². The number of benzene rings is 2. The molecule has 2 aromatic rings. The fraction of sp³-hybridized carbons (Fsp3) is 0.100. The summed E-state index contributed by atoms with van der Waals surface area (Å²) in [4.78, 5) is 37.3. The number of anilines is 1. The Balaban J connectivity index is 1.63. The Kier molecular flexibility index (Phi) is 6.48. The minimum absolute atomic E-state index is 0.00891. The van der Waals surface area contributed by atoms with Crippen molar-refractivity contribution in [3.8, 4) is 5.75 Å². The van der Waals surface area contributed by atoms with Crippen LogP contribution in [0.1, 0.15) is 22.3 Å². The molecular weight excluding hydrogens is 431 g/mol. The third-order valence-corrected chi connectivity index (χ3v) is 5.52. The topological polar surface area (TPSA) is 107 Å². The molecule has 0 radical (unpaired) electrons. The van der Waals surface area contributed by atoms with Gasteiger partial charge in [0.1, 0.15) is 21.5 Å². The molecule has 2 amide bonds. The van der Waals surface area contributed by atoms with Gasteiger partial charge < -0.3 is 15.5 Å². The minimum Gasteiger partial charge on any atom is -0.507 e. The van der Waals surface area contributed by atoms with Gasteiger partial charge in [0.25, 0.3) is 5.91 Å². The van der Waals surface area contributed by atoms with Gasteiger partial charge in [-0.2, -0.15) is 0 Å². The van der Waals surface area contributed by atoms with E-state index in [-0.39, 0.29) is 39.0 Å². The highest BCUT2D eigenvalue weighted by Crippen LogP contribution is 2.33. The van der Waals surface area contributed by atoms with Crippen LogP contribution in [0, 0.1) is 5.82 Å². The molecular formula is C20H15FN2O5S2. The number of nitrogens with one attached hydrogen (secondary N) is 1. The molecule has 1 aliphatic rings. The van der Waals surface area contributed by atoms with Gasteiger partial charge in [0, 0.05) is 24.2 Å². The van der Waals surface area contributed by atoms with Gasteiger partial charge in [-0.05, 0) is 30.3 Å². The van der Waals surface area contributed by atoms with Crippen LogP contribution in [-0.2, 0) is 9.59 Å². The standard InChI is InChI=1S/C20H15FN2O5S2/c21-14-4-2-1-3-11(14)9-16-18(26)23(20(29)30-16)8-7-17(25)22-12-5-6-15(24)13(10-12)19(27)28/h1-6,9-10,24H,7-8H2,(H,22,25)(H,27,28). The van der Waals surface area contributed by atoms with E-state index in [1.54, 1.807) is 18.2 Å². The lowest BCUT2D eigenvalue weighted by atomic mass is 10.1. The maximum absolute atomic E-state index is 13.8. The summed E-state index contributed by atoms with van der Waals surface area (Å²) in [5.74, 6) is -3.10. The number of thioether (sulfide) groups is 1. The number of halogens is 1. The molecule has 30 heavy (non-hydrogen) atoms. The molecule has 0 spiro atoms. The molecule has 1 aliphatic heterocycles. The van der Waals surface area contributed by atoms with Crippen LogP contribution in [0.2, 0.25) is 0 Å². The number of hydrogen-bond donors (Lipinski definition) is 3. The van der Waals surface area contributed by atoms with E-state index in [4.69, 9.17) is 17.3 Å². The van der Waals surface area contributed by atoms with Crippen LogP contribution in [0.4, 0.5) is 10.1 Å². The number of carbonyl (C=O) groups is 3. The van der Waals surface area contributed by atoms with E-state index in [0.29, 0.717) is 0 Å². The van der Waals surface area contributed by atoms with Gasteiger partial charge in [-0.1, -0.05) is 42.2 Å². The number of amides is 2. The van der Waals surface area contributed by atoms with Gasteiger partial charge in [0.05, 0.1) is 4.91 Å². The lowest BCUT2D eigenvalue weighted by Crippen LogP contribution is -2.31. The third-order valence-electron chi connectivity index (χ3n) is 4.14. The van der Waals surface area contributed by atoms with Gasteiger partial charge in [0.15, 0.2) is 0 Å². The summed E-state index contributed by atoms with van der Waals surface area (Å²) in [5.41, 5.74) is 0.111. The molecule has 0 bridgehead atoms. The van der Waals surface area contributed by atoms with Gasteiger partial charge >= 0.3 is 5.97 Å². The lowest BCUT2D eigenvalue weighted by molar-refractivity contribution is -0.122. The molecule has 0 atom stereocenters. The second kappa shape index (κ2) is 9.06. The summed E-state index contributed by atoms with van der Waals surface area (Å²) < 4.78 is 14.1. The fourth-order valence-electron chi connectivity index (χ4n) is 2.65. The number of carboxylic acid groups (broad SMARTS) is 1. The number of aromatic hydroxyl groups is 1. The number of aromatic carboxylic acids is 1. The van der Waals surface area contributed by atoms with Gasteiger partial charge in [-0.3, -0.25) is 14.5 Å². The van der Waals surface area contributed by atoms with E-state index in [1.165, 1.54) is 23.1 Å². The molecule has 1 fully saturated rings. The van der Waals surface area contributed by atoms with Crippen molar-refractivity contribution in [3.05, 3.63) is 64.3 Å². The van der Waals surface area contributed by atoms with Crippen LogP contribution >= 0.6 is 24.0 Å². The zero-order valence-electron chi connectivity index (χ0n) is 15.3. The molecule has 10 heteroatoms. The number of carboxylic acids is 1. The Labute approximate surface area is 180 Å². The quantitative estimate of drug-likeness (QED) is 0.354. The summed E-state index contributed by atoms with van der Waals surface area (Å²) in [6, 6.07) is 9.68. The molecule has 7 nitrogen and oxygen atoms in total. The maximum atomic E-state index is 13.8. The highest BCUT2D eigenvalue weighted by atomic mass is 32.2. The minimum atomic E-state index is -1.33. The molecule has 2 aromatic carbocycles. The summed E-state index contributed by atoms with van der Waals surface area (Å²) in [6.45, 7) is 0.00891. The zero-order chi connectivity index (χ0) is 21.8. The van der Waals surface area contributed by atoms with Crippen LogP contribution in [0.3, 0.4) is 0 Å². The lowest BCUT2D eigenvalue weighted by Gasteiger charge is -2.14. The highest BCUT2D eigenvalue weighted by Gasteiger charge is 2.32. The number of phenols is 1. The first-order valence-corrected chi connectivity index (χ1v) is 9.85. The van der Waals surface area contributed by atoms with Crippen molar-refractivity contribution in [2.75, 3.05) is 11.9 Å². The summed E-state index contributed by atoms with van der Waals surface area (Å²) in [5, 5.41) is 21.0. The van der Waals surface area contributed by atoms with Crippen LogP contribution in [-0.4, -0.2) is 43.8 Å². The molecule has 0 saturated carbocycles. The third kappa shape index (κ3) is 4.84. The van der Waals surface area contributed by atoms with Crippen LogP contribution in [0.15, 0.2) is 47.4 Å². The first kappa shape index (κ1) is 21.5. The molecule has 1 heterocycles. The number of carbonyl (C=O) groups excluding carboxylic acids is 2. The smallest absolute Gasteiger partial charge is 0.339 e. The average Bonchev–Trinajstić information content (AvgIpc) is 2.96. The number of thiocarbonyl (C=S) groups is 1.